The minimum Gasteiger partial charge on any atom is -0.324 e. The highest BCUT2D eigenvalue weighted by atomic mass is 32.2. The number of thioether (sulfide) groups is 1. The molecule has 1 unspecified atom stereocenters. The first-order valence-corrected chi connectivity index (χ1v) is 9.26. The van der Waals surface area contributed by atoms with Crippen molar-refractivity contribution in [1.82, 2.24) is 9.97 Å². The van der Waals surface area contributed by atoms with Gasteiger partial charge in [0.15, 0.2) is 5.16 Å². The summed E-state index contributed by atoms with van der Waals surface area (Å²) in [6.45, 7) is 0. The Morgan fingerprint density at radius 3 is 2.53 bits per heavy atom. The smallest absolute Gasteiger partial charge is 0.324 e. The van der Waals surface area contributed by atoms with Crippen LogP contribution in [-0.4, -0.2) is 39.8 Å². The number of hydrogen-bond acceptors (Lipinski definition) is 5. The van der Waals surface area contributed by atoms with Gasteiger partial charge in [-0.05, 0) is 18.2 Å². The standard InChI is InChI=1S/C17H12F6N4O2S/c18-16(19,20)11-5-6-24-15(26-11)30-8-14(29)27-10-4-2-1-3-9(10)25-13(28)7-12(27)17(21,22)23/h1-6,12H,7-8H2,(H,25,28). The fourth-order valence-electron chi connectivity index (χ4n) is 2.76. The van der Waals surface area contributed by atoms with Gasteiger partial charge in [-0.25, -0.2) is 9.97 Å². The van der Waals surface area contributed by atoms with Crippen molar-refractivity contribution in [3.05, 3.63) is 42.2 Å². The van der Waals surface area contributed by atoms with E-state index in [1.54, 1.807) is 0 Å². The number of carbonyl (C=O) groups is 2. The summed E-state index contributed by atoms with van der Waals surface area (Å²) in [5, 5.41) is 1.90. The molecule has 1 aromatic heterocycles. The van der Waals surface area contributed by atoms with E-state index < -0.39 is 53.2 Å². The van der Waals surface area contributed by atoms with Gasteiger partial charge in [-0.15, -0.1) is 0 Å². The maximum absolute atomic E-state index is 13.6. The normalized spacial score (nSPS) is 17.2. The Hall–Kier alpha value is -2.83. The van der Waals surface area contributed by atoms with Crippen molar-refractivity contribution in [2.75, 3.05) is 16.0 Å². The predicted octanol–water partition coefficient (Wildman–Crippen LogP) is 3.89. The maximum Gasteiger partial charge on any atom is 0.433 e. The molecule has 1 atom stereocenters. The van der Waals surface area contributed by atoms with Crippen LogP contribution in [0.5, 0.6) is 0 Å². The molecule has 0 saturated carbocycles. The molecule has 0 aliphatic carbocycles. The monoisotopic (exact) mass is 450 g/mol. The number of amides is 2. The van der Waals surface area contributed by atoms with Crippen LogP contribution in [0.25, 0.3) is 0 Å². The second kappa shape index (κ2) is 8.13. The summed E-state index contributed by atoms with van der Waals surface area (Å²) in [4.78, 5) is 31.9. The molecule has 160 valence electrons. The van der Waals surface area contributed by atoms with Crippen LogP contribution >= 0.6 is 11.8 Å². The third kappa shape index (κ3) is 4.83. The van der Waals surface area contributed by atoms with Gasteiger partial charge >= 0.3 is 12.4 Å². The van der Waals surface area contributed by atoms with E-state index in [9.17, 15) is 35.9 Å². The Bertz CT molecular complexity index is 966. The second-order valence-corrected chi connectivity index (χ2v) is 7.04. The summed E-state index contributed by atoms with van der Waals surface area (Å²) >= 11 is 0.461. The molecule has 0 bridgehead atoms. The predicted molar refractivity (Wildman–Crippen MR) is 94.8 cm³/mol. The van der Waals surface area contributed by atoms with E-state index in [2.05, 4.69) is 15.3 Å². The topological polar surface area (TPSA) is 75.2 Å². The zero-order chi connectivity index (χ0) is 22.1. The number of fused-ring (bicyclic) bond motifs is 1. The van der Waals surface area contributed by atoms with Crippen molar-refractivity contribution < 1.29 is 35.9 Å². The van der Waals surface area contributed by atoms with Gasteiger partial charge in [-0.2, -0.15) is 26.3 Å². The minimum atomic E-state index is -4.91. The lowest BCUT2D eigenvalue weighted by Crippen LogP contribution is -2.50. The van der Waals surface area contributed by atoms with Crippen molar-refractivity contribution in [3.63, 3.8) is 0 Å². The van der Waals surface area contributed by atoms with Gasteiger partial charge in [0.05, 0.1) is 23.5 Å². The number of anilines is 2. The summed E-state index contributed by atoms with van der Waals surface area (Å²) in [5.41, 5.74) is -1.39. The van der Waals surface area contributed by atoms with Crippen LogP contribution in [0.15, 0.2) is 41.7 Å². The van der Waals surface area contributed by atoms with E-state index in [-0.39, 0.29) is 11.4 Å². The number of nitrogens with zero attached hydrogens (tertiary/aromatic N) is 3. The molecule has 13 heteroatoms. The number of alkyl halides is 6. The highest BCUT2D eigenvalue weighted by Crippen LogP contribution is 2.38. The second-order valence-electron chi connectivity index (χ2n) is 6.10. The first-order chi connectivity index (χ1) is 14.0. The number of nitrogens with one attached hydrogen (secondary N) is 1. The summed E-state index contributed by atoms with van der Waals surface area (Å²) in [6.07, 6.45) is -9.83. The Morgan fingerprint density at radius 1 is 1.17 bits per heavy atom. The number of carbonyl (C=O) groups excluding carboxylic acids is 2. The maximum atomic E-state index is 13.6. The van der Waals surface area contributed by atoms with Crippen LogP contribution < -0.4 is 10.2 Å². The molecule has 1 aliphatic rings. The molecule has 2 heterocycles. The van der Waals surface area contributed by atoms with Crippen molar-refractivity contribution in [3.8, 4) is 0 Å². The number of para-hydroxylation sites is 2. The molecule has 0 fully saturated rings. The van der Waals surface area contributed by atoms with E-state index in [4.69, 9.17) is 0 Å². The van der Waals surface area contributed by atoms with Crippen LogP contribution in [0.3, 0.4) is 0 Å². The van der Waals surface area contributed by atoms with Gasteiger partial charge in [0.1, 0.15) is 11.7 Å². The SMILES string of the molecule is O=C1CC(C(F)(F)F)N(C(=O)CSc2nccc(C(F)(F)F)n2)c2ccccc2N1. The fraction of sp³-hybridized carbons (Fsp3) is 0.294. The molecule has 1 N–H and O–H groups in total. The van der Waals surface area contributed by atoms with E-state index in [1.807, 2.05) is 0 Å². The lowest BCUT2D eigenvalue weighted by atomic mass is 10.1. The van der Waals surface area contributed by atoms with Gasteiger partial charge in [0.2, 0.25) is 11.8 Å². The molecular weight excluding hydrogens is 438 g/mol. The molecule has 1 aromatic carbocycles. The summed E-state index contributed by atoms with van der Waals surface area (Å²) in [7, 11) is 0. The molecule has 2 aromatic rings. The van der Waals surface area contributed by atoms with Crippen molar-refractivity contribution in [2.45, 2.75) is 30.0 Å². The quantitative estimate of drug-likeness (QED) is 0.436. The van der Waals surface area contributed by atoms with Crippen molar-refractivity contribution in [2.24, 2.45) is 0 Å². The average Bonchev–Trinajstić information content (AvgIpc) is 2.81. The highest BCUT2D eigenvalue weighted by Gasteiger charge is 2.49. The molecule has 0 radical (unpaired) electrons. The van der Waals surface area contributed by atoms with Crippen molar-refractivity contribution in [1.29, 1.82) is 0 Å². The number of hydrogen-bond donors (Lipinski definition) is 1. The Morgan fingerprint density at radius 2 is 1.87 bits per heavy atom. The van der Waals surface area contributed by atoms with E-state index >= 15 is 0 Å². The highest BCUT2D eigenvalue weighted by molar-refractivity contribution is 7.99. The molecule has 6 nitrogen and oxygen atoms in total. The van der Waals surface area contributed by atoms with Crippen LogP contribution in [0.1, 0.15) is 12.1 Å². The van der Waals surface area contributed by atoms with E-state index in [0.29, 0.717) is 22.7 Å². The van der Waals surface area contributed by atoms with Crippen molar-refractivity contribution >= 4 is 35.0 Å². The molecule has 30 heavy (non-hydrogen) atoms. The number of halogens is 6. The van der Waals surface area contributed by atoms with Crippen LogP contribution in [-0.2, 0) is 15.8 Å². The summed E-state index contributed by atoms with van der Waals surface area (Å²) in [5.74, 6) is -2.66. The zero-order valence-corrected chi connectivity index (χ0v) is 15.6. The van der Waals surface area contributed by atoms with Gasteiger partial charge < -0.3 is 5.32 Å². The molecule has 3 rings (SSSR count). The summed E-state index contributed by atoms with van der Waals surface area (Å²) in [6, 6.07) is 3.65. The van der Waals surface area contributed by atoms with E-state index in [0.717, 1.165) is 6.20 Å². The third-order valence-corrected chi connectivity index (χ3v) is 4.87. The Kier molecular flexibility index (Phi) is 5.92. The number of benzene rings is 1. The summed E-state index contributed by atoms with van der Waals surface area (Å²) < 4.78 is 79.1. The van der Waals surface area contributed by atoms with Gasteiger partial charge in [0, 0.05) is 6.20 Å². The molecule has 0 saturated heterocycles. The van der Waals surface area contributed by atoms with Gasteiger partial charge in [-0.1, -0.05) is 23.9 Å². The van der Waals surface area contributed by atoms with E-state index in [1.165, 1.54) is 24.3 Å². The van der Waals surface area contributed by atoms with Gasteiger partial charge in [-0.3, -0.25) is 14.5 Å². The lowest BCUT2D eigenvalue weighted by Gasteiger charge is -2.31. The van der Waals surface area contributed by atoms with Crippen LogP contribution in [0.4, 0.5) is 37.7 Å². The first kappa shape index (κ1) is 21.9. The van der Waals surface area contributed by atoms with Crippen LogP contribution in [0, 0.1) is 0 Å². The molecular formula is C17H12F6N4O2S. The van der Waals surface area contributed by atoms with Gasteiger partial charge in [0.25, 0.3) is 0 Å². The minimum absolute atomic E-state index is 0.0166. The third-order valence-electron chi connectivity index (χ3n) is 4.02. The zero-order valence-electron chi connectivity index (χ0n) is 14.8. The lowest BCUT2D eigenvalue weighted by molar-refractivity contribution is -0.157. The molecule has 0 spiro atoms. The average molecular weight is 450 g/mol. The number of aromatic nitrogens is 2. The van der Waals surface area contributed by atoms with Crippen LogP contribution in [0.2, 0.25) is 0 Å². The first-order valence-electron chi connectivity index (χ1n) is 8.27. The Balaban J connectivity index is 1.89. The largest absolute Gasteiger partial charge is 0.433 e. The number of rotatable bonds is 3. The Labute approximate surface area is 169 Å². The molecule has 2 amide bonds. The fourth-order valence-corrected chi connectivity index (χ4v) is 3.45. The molecule has 1 aliphatic heterocycles.